The van der Waals surface area contributed by atoms with Crippen molar-refractivity contribution < 1.29 is 27.8 Å². The molecule has 1 amide bonds. The summed E-state index contributed by atoms with van der Waals surface area (Å²) in [5.41, 5.74) is -1.98. The highest BCUT2D eigenvalue weighted by Gasteiger charge is 2.58. The lowest BCUT2D eigenvalue weighted by Crippen LogP contribution is -2.45. The minimum atomic E-state index is -5.06. The van der Waals surface area contributed by atoms with Crippen molar-refractivity contribution in [3.63, 3.8) is 0 Å². The van der Waals surface area contributed by atoms with E-state index in [2.05, 4.69) is 10.3 Å². The molecule has 0 aliphatic heterocycles. The van der Waals surface area contributed by atoms with Crippen LogP contribution >= 0.6 is 22.9 Å². The number of anilines is 1. The molecule has 3 rings (SSSR count). The highest BCUT2D eigenvalue weighted by molar-refractivity contribution is 7.09. The first-order valence-corrected chi connectivity index (χ1v) is 10.3. The molecule has 164 valence electrons. The van der Waals surface area contributed by atoms with Crippen LogP contribution in [-0.4, -0.2) is 22.2 Å². The molecular formula is C21H18ClF3N2O3S. The van der Waals surface area contributed by atoms with Crippen LogP contribution in [0.2, 0.25) is 5.02 Å². The van der Waals surface area contributed by atoms with E-state index >= 15 is 0 Å². The van der Waals surface area contributed by atoms with Crippen LogP contribution in [-0.2, 0) is 17.0 Å². The number of nitrogens with one attached hydrogen (secondary N) is 1. The number of aliphatic hydroxyl groups is 1. The molecule has 1 aromatic heterocycles. The molecule has 10 heteroatoms. The van der Waals surface area contributed by atoms with E-state index < -0.39 is 29.1 Å². The number of thiazole rings is 1. The molecule has 31 heavy (non-hydrogen) atoms. The van der Waals surface area contributed by atoms with E-state index in [4.69, 9.17) is 16.3 Å². The molecule has 0 saturated carbocycles. The maximum atomic E-state index is 13.5. The standard InChI is InChI=1S/C21H18ClF3N2O3S/c1-13-12-31-19(26-13)20(29,21(23,24)25)10-18(28)27-15-6-8-16(9-7-15)30-11-14-4-2-3-5-17(14)22/h2-9,12,29H,10-11H2,1H3,(H,27,28). The number of alkyl halides is 3. The van der Waals surface area contributed by atoms with Crippen molar-refractivity contribution >= 4 is 34.5 Å². The summed E-state index contributed by atoms with van der Waals surface area (Å²) in [5, 5.41) is 14.0. The number of nitrogens with zero attached hydrogens (tertiary/aromatic N) is 1. The molecule has 2 aromatic carbocycles. The smallest absolute Gasteiger partial charge is 0.424 e. The molecule has 1 unspecified atom stereocenters. The first-order valence-electron chi connectivity index (χ1n) is 9.06. The largest absolute Gasteiger partial charge is 0.489 e. The van der Waals surface area contributed by atoms with Crippen LogP contribution in [0.5, 0.6) is 5.75 Å². The van der Waals surface area contributed by atoms with E-state index in [1.165, 1.54) is 24.4 Å². The second-order valence-corrected chi connectivity index (χ2v) is 8.05. The molecule has 0 saturated heterocycles. The summed E-state index contributed by atoms with van der Waals surface area (Å²) in [6.07, 6.45) is -6.28. The van der Waals surface area contributed by atoms with Gasteiger partial charge in [-0.1, -0.05) is 29.8 Å². The van der Waals surface area contributed by atoms with Crippen LogP contribution in [0.15, 0.2) is 53.9 Å². The summed E-state index contributed by atoms with van der Waals surface area (Å²) in [7, 11) is 0. The second-order valence-electron chi connectivity index (χ2n) is 6.78. The van der Waals surface area contributed by atoms with Crippen molar-refractivity contribution in [2.45, 2.75) is 31.7 Å². The van der Waals surface area contributed by atoms with Crippen LogP contribution < -0.4 is 10.1 Å². The minimum absolute atomic E-state index is 0.233. The van der Waals surface area contributed by atoms with Gasteiger partial charge in [0.1, 0.15) is 17.4 Å². The van der Waals surface area contributed by atoms with Gasteiger partial charge in [-0.25, -0.2) is 4.98 Å². The first-order chi connectivity index (χ1) is 14.6. The normalized spacial score (nSPS) is 13.5. The number of aryl methyl sites for hydroxylation is 1. The molecule has 0 fully saturated rings. The predicted molar refractivity (Wildman–Crippen MR) is 112 cm³/mol. The van der Waals surface area contributed by atoms with E-state index in [1.54, 1.807) is 24.3 Å². The number of hydrogen-bond acceptors (Lipinski definition) is 5. The summed E-state index contributed by atoms with van der Waals surface area (Å²) in [6, 6.07) is 13.3. The molecule has 0 bridgehead atoms. The quantitative estimate of drug-likeness (QED) is 0.481. The molecule has 0 aliphatic carbocycles. The Morgan fingerprint density at radius 3 is 2.45 bits per heavy atom. The molecule has 0 spiro atoms. The third kappa shape index (κ3) is 5.55. The molecule has 5 nitrogen and oxygen atoms in total. The number of amides is 1. The van der Waals surface area contributed by atoms with Gasteiger partial charge >= 0.3 is 6.18 Å². The third-order valence-electron chi connectivity index (χ3n) is 4.35. The molecule has 0 aliphatic rings. The zero-order valence-corrected chi connectivity index (χ0v) is 17.8. The van der Waals surface area contributed by atoms with Crippen LogP contribution in [0.4, 0.5) is 18.9 Å². The Morgan fingerprint density at radius 1 is 1.19 bits per heavy atom. The third-order valence-corrected chi connectivity index (χ3v) is 5.83. The average Bonchev–Trinajstić information content (AvgIpc) is 3.14. The Balaban J connectivity index is 1.64. The summed E-state index contributed by atoms with van der Waals surface area (Å²) in [4.78, 5) is 16.0. The fraction of sp³-hybridized carbons (Fsp3) is 0.238. The lowest BCUT2D eigenvalue weighted by Gasteiger charge is -2.27. The van der Waals surface area contributed by atoms with E-state index in [0.29, 0.717) is 27.8 Å². The van der Waals surface area contributed by atoms with E-state index in [9.17, 15) is 23.1 Å². The van der Waals surface area contributed by atoms with Gasteiger partial charge in [-0.2, -0.15) is 13.2 Å². The van der Waals surface area contributed by atoms with Gasteiger partial charge in [0, 0.05) is 27.3 Å². The van der Waals surface area contributed by atoms with E-state index in [-0.39, 0.29) is 12.3 Å². The molecule has 1 atom stereocenters. The zero-order chi connectivity index (χ0) is 22.6. The van der Waals surface area contributed by atoms with Crippen molar-refractivity contribution in [3.8, 4) is 5.75 Å². The maximum absolute atomic E-state index is 13.5. The Bertz CT molecular complexity index is 1060. The monoisotopic (exact) mass is 470 g/mol. The summed E-state index contributed by atoms with van der Waals surface area (Å²) >= 11 is 6.72. The van der Waals surface area contributed by atoms with Gasteiger partial charge in [-0.05, 0) is 37.3 Å². The highest BCUT2D eigenvalue weighted by atomic mass is 35.5. The Morgan fingerprint density at radius 2 is 1.87 bits per heavy atom. The summed E-state index contributed by atoms with van der Waals surface area (Å²) in [6.45, 7) is 1.74. The molecule has 2 N–H and O–H groups in total. The van der Waals surface area contributed by atoms with Crippen LogP contribution in [0.1, 0.15) is 22.7 Å². The van der Waals surface area contributed by atoms with Gasteiger partial charge in [0.05, 0.1) is 6.42 Å². The van der Waals surface area contributed by atoms with Crippen LogP contribution in [0.3, 0.4) is 0 Å². The van der Waals surface area contributed by atoms with Crippen molar-refractivity contribution in [1.82, 2.24) is 4.98 Å². The first kappa shape index (κ1) is 23.1. The molecule has 3 aromatic rings. The number of ether oxygens (including phenoxy) is 1. The van der Waals surface area contributed by atoms with Gasteiger partial charge in [-0.3, -0.25) is 4.79 Å². The molecule has 0 radical (unpaired) electrons. The van der Waals surface area contributed by atoms with E-state index in [0.717, 1.165) is 5.56 Å². The number of hydrogen-bond donors (Lipinski definition) is 2. The fourth-order valence-corrected chi connectivity index (χ4v) is 3.79. The van der Waals surface area contributed by atoms with Gasteiger partial charge < -0.3 is 15.2 Å². The predicted octanol–water partition coefficient (Wildman–Crippen LogP) is 5.46. The van der Waals surface area contributed by atoms with Crippen LogP contribution in [0, 0.1) is 6.92 Å². The van der Waals surface area contributed by atoms with Crippen LogP contribution in [0.25, 0.3) is 0 Å². The summed E-state index contributed by atoms with van der Waals surface area (Å²) in [5.74, 6) is -0.514. The number of aromatic nitrogens is 1. The molecule has 1 heterocycles. The number of carbonyl (C=O) groups is 1. The van der Waals surface area contributed by atoms with Crippen molar-refractivity contribution in [3.05, 3.63) is 75.2 Å². The minimum Gasteiger partial charge on any atom is -0.489 e. The fourth-order valence-electron chi connectivity index (χ4n) is 2.69. The van der Waals surface area contributed by atoms with Gasteiger partial charge in [0.15, 0.2) is 0 Å². The lowest BCUT2D eigenvalue weighted by atomic mass is 9.99. The van der Waals surface area contributed by atoms with Gasteiger partial charge in [-0.15, -0.1) is 11.3 Å². The zero-order valence-electron chi connectivity index (χ0n) is 16.2. The van der Waals surface area contributed by atoms with Gasteiger partial charge in [0.25, 0.3) is 0 Å². The highest BCUT2D eigenvalue weighted by Crippen LogP contribution is 2.43. The topological polar surface area (TPSA) is 71.5 Å². The van der Waals surface area contributed by atoms with Crippen molar-refractivity contribution in [2.24, 2.45) is 0 Å². The molecular weight excluding hydrogens is 453 g/mol. The van der Waals surface area contributed by atoms with Crippen molar-refractivity contribution in [1.29, 1.82) is 0 Å². The number of halogens is 4. The average molecular weight is 471 g/mol. The number of rotatable bonds is 7. The lowest BCUT2D eigenvalue weighted by molar-refractivity contribution is -0.266. The summed E-state index contributed by atoms with van der Waals surface area (Å²) < 4.78 is 46.2. The second kappa shape index (κ2) is 9.25. The van der Waals surface area contributed by atoms with Gasteiger partial charge in [0.2, 0.25) is 11.5 Å². The number of benzene rings is 2. The SMILES string of the molecule is Cc1csc(C(O)(CC(=O)Nc2ccc(OCc3ccccc3Cl)cc2)C(F)(F)F)n1. The Kier molecular flexibility index (Phi) is 6.88. The van der Waals surface area contributed by atoms with Crippen molar-refractivity contribution in [2.75, 3.05) is 5.32 Å². The van der Waals surface area contributed by atoms with E-state index in [1.807, 2.05) is 12.1 Å². The maximum Gasteiger partial charge on any atom is 0.424 e. The Hall–Kier alpha value is -2.62. The Labute approximate surface area is 185 Å². The number of carbonyl (C=O) groups excluding carboxylic acids is 1.